The standard InChI is InChI=1S/C14H14N2OS/c1-9-3-4-12-10(5-9)6-13(17-12)14(15-2)11-7-18-8-16-11/h3-8,14-15H,1-2H3. The van der Waals surface area contributed by atoms with Gasteiger partial charge in [0.1, 0.15) is 17.4 Å². The molecule has 0 fully saturated rings. The number of aromatic nitrogens is 1. The lowest BCUT2D eigenvalue weighted by atomic mass is 10.1. The Kier molecular flexibility index (Phi) is 2.89. The molecule has 0 bridgehead atoms. The molecule has 0 aliphatic carbocycles. The fourth-order valence-corrected chi connectivity index (χ4v) is 2.71. The molecule has 1 N–H and O–H groups in total. The molecule has 2 heterocycles. The van der Waals surface area contributed by atoms with Crippen molar-refractivity contribution in [2.45, 2.75) is 13.0 Å². The first kappa shape index (κ1) is 11.4. The molecular formula is C14H14N2OS. The quantitative estimate of drug-likeness (QED) is 0.781. The maximum absolute atomic E-state index is 5.90. The second-order valence-electron chi connectivity index (χ2n) is 4.33. The van der Waals surface area contributed by atoms with E-state index in [1.54, 1.807) is 11.3 Å². The zero-order valence-corrected chi connectivity index (χ0v) is 11.1. The molecule has 3 rings (SSSR count). The van der Waals surface area contributed by atoms with Gasteiger partial charge in [-0.3, -0.25) is 0 Å². The summed E-state index contributed by atoms with van der Waals surface area (Å²) in [6, 6.07) is 8.32. The molecule has 0 spiro atoms. The van der Waals surface area contributed by atoms with Crippen LogP contribution in [-0.4, -0.2) is 12.0 Å². The number of thiazole rings is 1. The van der Waals surface area contributed by atoms with E-state index in [1.165, 1.54) is 5.56 Å². The molecule has 18 heavy (non-hydrogen) atoms. The molecule has 2 aromatic heterocycles. The van der Waals surface area contributed by atoms with Crippen molar-refractivity contribution in [2.75, 3.05) is 7.05 Å². The minimum Gasteiger partial charge on any atom is -0.459 e. The van der Waals surface area contributed by atoms with Crippen molar-refractivity contribution in [2.24, 2.45) is 0 Å². The number of hydrogen-bond donors (Lipinski definition) is 1. The van der Waals surface area contributed by atoms with Gasteiger partial charge in [0, 0.05) is 10.8 Å². The van der Waals surface area contributed by atoms with Gasteiger partial charge in [0.05, 0.1) is 11.2 Å². The van der Waals surface area contributed by atoms with E-state index in [-0.39, 0.29) is 6.04 Å². The monoisotopic (exact) mass is 258 g/mol. The Morgan fingerprint density at radius 1 is 1.33 bits per heavy atom. The second kappa shape index (κ2) is 4.55. The van der Waals surface area contributed by atoms with Crippen LogP contribution in [0.1, 0.15) is 23.1 Å². The van der Waals surface area contributed by atoms with Crippen molar-refractivity contribution in [3.8, 4) is 0 Å². The average Bonchev–Trinajstić information content (AvgIpc) is 2.98. The number of fused-ring (bicyclic) bond motifs is 1. The molecule has 1 atom stereocenters. The third-order valence-electron chi connectivity index (χ3n) is 3.01. The molecule has 0 aliphatic heterocycles. The van der Waals surface area contributed by atoms with Crippen molar-refractivity contribution in [3.63, 3.8) is 0 Å². The predicted octanol–water partition coefficient (Wildman–Crippen LogP) is 3.51. The van der Waals surface area contributed by atoms with Crippen molar-refractivity contribution >= 4 is 22.3 Å². The van der Waals surface area contributed by atoms with Crippen LogP contribution in [0.5, 0.6) is 0 Å². The topological polar surface area (TPSA) is 38.1 Å². The van der Waals surface area contributed by atoms with Crippen LogP contribution in [0, 0.1) is 6.92 Å². The highest BCUT2D eigenvalue weighted by molar-refractivity contribution is 7.07. The molecule has 1 unspecified atom stereocenters. The lowest BCUT2D eigenvalue weighted by molar-refractivity contribution is 0.487. The molecule has 0 radical (unpaired) electrons. The van der Waals surface area contributed by atoms with Gasteiger partial charge < -0.3 is 9.73 Å². The summed E-state index contributed by atoms with van der Waals surface area (Å²) in [4.78, 5) is 4.35. The van der Waals surface area contributed by atoms with E-state index < -0.39 is 0 Å². The number of hydrogen-bond acceptors (Lipinski definition) is 4. The van der Waals surface area contributed by atoms with E-state index in [9.17, 15) is 0 Å². The first-order valence-electron chi connectivity index (χ1n) is 5.83. The Labute approximate surface area is 109 Å². The van der Waals surface area contributed by atoms with Crippen molar-refractivity contribution < 1.29 is 4.42 Å². The Morgan fingerprint density at radius 2 is 2.22 bits per heavy atom. The van der Waals surface area contributed by atoms with Crippen LogP contribution in [0.4, 0.5) is 0 Å². The zero-order chi connectivity index (χ0) is 12.5. The van der Waals surface area contributed by atoms with Crippen LogP contribution in [0.25, 0.3) is 11.0 Å². The highest BCUT2D eigenvalue weighted by atomic mass is 32.1. The fourth-order valence-electron chi connectivity index (χ4n) is 2.13. The summed E-state index contributed by atoms with van der Waals surface area (Å²) >= 11 is 1.59. The number of nitrogens with zero attached hydrogens (tertiary/aromatic N) is 1. The largest absolute Gasteiger partial charge is 0.459 e. The normalized spacial score (nSPS) is 13.0. The van der Waals surface area contributed by atoms with Gasteiger partial charge in [0.2, 0.25) is 0 Å². The van der Waals surface area contributed by atoms with Gasteiger partial charge in [-0.25, -0.2) is 4.98 Å². The van der Waals surface area contributed by atoms with Crippen LogP contribution >= 0.6 is 11.3 Å². The fraction of sp³-hybridized carbons (Fsp3) is 0.214. The molecule has 4 heteroatoms. The van der Waals surface area contributed by atoms with E-state index in [0.29, 0.717) is 0 Å². The lowest BCUT2D eigenvalue weighted by Crippen LogP contribution is -2.17. The summed E-state index contributed by atoms with van der Waals surface area (Å²) in [6.45, 7) is 2.09. The Bertz CT molecular complexity index is 658. The SMILES string of the molecule is CNC(c1cscn1)c1cc2cc(C)ccc2o1. The van der Waals surface area contributed by atoms with Gasteiger partial charge in [0.25, 0.3) is 0 Å². The number of benzene rings is 1. The number of furan rings is 1. The average molecular weight is 258 g/mol. The van der Waals surface area contributed by atoms with E-state index >= 15 is 0 Å². The molecule has 0 amide bonds. The molecule has 0 saturated heterocycles. The minimum atomic E-state index is 0.0176. The predicted molar refractivity (Wildman–Crippen MR) is 74.0 cm³/mol. The van der Waals surface area contributed by atoms with Gasteiger partial charge in [-0.2, -0.15) is 0 Å². The highest BCUT2D eigenvalue weighted by Gasteiger charge is 2.18. The Hall–Kier alpha value is -1.65. The van der Waals surface area contributed by atoms with Gasteiger partial charge in [-0.1, -0.05) is 11.6 Å². The zero-order valence-electron chi connectivity index (χ0n) is 10.3. The molecule has 92 valence electrons. The van der Waals surface area contributed by atoms with Crippen molar-refractivity contribution in [1.29, 1.82) is 0 Å². The Morgan fingerprint density at radius 3 is 2.94 bits per heavy atom. The maximum atomic E-state index is 5.90. The summed E-state index contributed by atoms with van der Waals surface area (Å²) in [5, 5.41) is 6.43. The molecule has 0 aliphatic rings. The first-order chi connectivity index (χ1) is 8.78. The van der Waals surface area contributed by atoms with E-state index in [1.807, 2.05) is 24.0 Å². The Balaban J connectivity index is 2.07. The molecule has 3 aromatic rings. The third kappa shape index (κ3) is 1.94. The van der Waals surface area contributed by atoms with Crippen LogP contribution in [0.2, 0.25) is 0 Å². The van der Waals surface area contributed by atoms with Crippen LogP contribution < -0.4 is 5.32 Å². The lowest BCUT2D eigenvalue weighted by Gasteiger charge is -2.09. The summed E-state index contributed by atoms with van der Waals surface area (Å²) < 4.78 is 5.90. The van der Waals surface area contributed by atoms with Gasteiger partial charge in [-0.15, -0.1) is 11.3 Å². The van der Waals surface area contributed by atoms with Gasteiger partial charge in [0.15, 0.2) is 0 Å². The summed E-state index contributed by atoms with van der Waals surface area (Å²) in [7, 11) is 1.92. The van der Waals surface area contributed by atoms with Crippen molar-refractivity contribution in [3.05, 3.63) is 52.2 Å². The number of aryl methyl sites for hydroxylation is 1. The van der Waals surface area contributed by atoms with Gasteiger partial charge in [-0.05, 0) is 32.2 Å². The number of nitrogens with one attached hydrogen (secondary N) is 1. The van der Waals surface area contributed by atoms with E-state index in [4.69, 9.17) is 4.42 Å². The third-order valence-corrected chi connectivity index (χ3v) is 3.62. The highest BCUT2D eigenvalue weighted by Crippen LogP contribution is 2.28. The first-order valence-corrected chi connectivity index (χ1v) is 6.77. The summed E-state index contributed by atoms with van der Waals surface area (Å²) in [5.41, 5.74) is 5.00. The minimum absolute atomic E-state index is 0.0176. The smallest absolute Gasteiger partial charge is 0.134 e. The van der Waals surface area contributed by atoms with Crippen LogP contribution in [0.15, 0.2) is 39.6 Å². The van der Waals surface area contributed by atoms with E-state index in [2.05, 4.69) is 35.4 Å². The molecule has 1 aromatic carbocycles. The van der Waals surface area contributed by atoms with Crippen LogP contribution in [0.3, 0.4) is 0 Å². The maximum Gasteiger partial charge on any atom is 0.134 e. The molecule has 0 saturated carbocycles. The van der Waals surface area contributed by atoms with E-state index in [0.717, 1.165) is 22.4 Å². The number of rotatable bonds is 3. The molecule has 3 nitrogen and oxygen atoms in total. The second-order valence-corrected chi connectivity index (χ2v) is 5.04. The van der Waals surface area contributed by atoms with Crippen molar-refractivity contribution in [1.82, 2.24) is 10.3 Å². The molecular weight excluding hydrogens is 244 g/mol. The summed E-state index contributed by atoms with van der Waals surface area (Å²) in [6.07, 6.45) is 0. The summed E-state index contributed by atoms with van der Waals surface area (Å²) in [5.74, 6) is 0.906. The van der Waals surface area contributed by atoms with Gasteiger partial charge >= 0.3 is 0 Å². The van der Waals surface area contributed by atoms with Crippen LogP contribution in [-0.2, 0) is 0 Å².